The van der Waals surface area contributed by atoms with Crippen LogP contribution in [-0.4, -0.2) is 11.9 Å². The second-order valence-corrected chi connectivity index (χ2v) is 2.38. The van der Waals surface area contributed by atoms with E-state index in [1.165, 1.54) is 0 Å². The van der Waals surface area contributed by atoms with Crippen molar-refractivity contribution in [3.63, 3.8) is 0 Å². The fourth-order valence-corrected chi connectivity index (χ4v) is 0.788. The summed E-state index contributed by atoms with van der Waals surface area (Å²) < 4.78 is 4.45. The first kappa shape index (κ1) is 9.45. The Morgan fingerprint density at radius 3 is 2.38 bits per heavy atom. The Bertz CT molecular complexity index is 303. The molecule has 67 valence electrons. The molecule has 0 aromatic heterocycles. The number of esters is 2. The molecule has 0 atom stereocenters. The monoisotopic (exact) mass is 177 g/mol. The Hall–Kier alpha value is -1.64. The zero-order chi connectivity index (χ0) is 9.68. The largest absolute Gasteiger partial charge is 0.389 e. The van der Waals surface area contributed by atoms with Crippen molar-refractivity contribution in [2.45, 2.75) is 6.42 Å². The van der Waals surface area contributed by atoms with E-state index in [4.69, 9.17) is 0 Å². The number of benzene rings is 1. The molecule has 0 saturated heterocycles. The zero-order valence-electron chi connectivity index (χ0n) is 7.03. The van der Waals surface area contributed by atoms with Gasteiger partial charge in [0.1, 0.15) is 0 Å². The Balaban J connectivity index is 2.65. The second-order valence-electron chi connectivity index (χ2n) is 2.38. The highest BCUT2D eigenvalue weighted by molar-refractivity contribution is 5.96. The predicted octanol–water partition coefficient (Wildman–Crippen LogP) is 1.59. The van der Waals surface area contributed by atoms with Crippen molar-refractivity contribution in [1.82, 2.24) is 0 Å². The van der Waals surface area contributed by atoms with Crippen molar-refractivity contribution >= 4 is 11.9 Å². The van der Waals surface area contributed by atoms with Gasteiger partial charge in [-0.05, 0) is 19.1 Å². The van der Waals surface area contributed by atoms with Crippen LogP contribution in [0, 0.1) is 6.92 Å². The van der Waals surface area contributed by atoms with Gasteiger partial charge in [0.25, 0.3) is 0 Å². The first-order valence-electron chi connectivity index (χ1n) is 3.83. The lowest BCUT2D eigenvalue weighted by molar-refractivity contribution is -0.137. The maximum atomic E-state index is 11.1. The van der Waals surface area contributed by atoms with Crippen molar-refractivity contribution in [2.24, 2.45) is 0 Å². The maximum Gasteiger partial charge on any atom is 0.345 e. The first-order chi connectivity index (χ1) is 6.24. The molecule has 0 aliphatic carbocycles. The summed E-state index contributed by atoms with van der Waals surface area (Å²) in [7, 11) is 0. The van der Waals surface area contributed by atoms with E-state index in [9.17, 15) is 9.59 Å². The number of ether oxygens (including phenoxy) is 1. The van der Waals surface area contributed by atoms with Crippen LogP contribution in [0.15, 0.2) is 30.3 Å². The van der Waals surface area contributed by atoms with Crippen LogP contribution in [0.4, 0.5) is 0 Å². The van der Waals surface area contributed by atoms with Gasteiger partial charge in [-0.2, -0.15) is 0 Å². The third kappa shape index (κ3) is 2.71. The Morgan fingerprint density at radius 1 is 1.23 bits per heavy atom. The molecule has 0 amide bonds. The number of hydrogen-bond acceptors (Lipinski definition) is 3. The summed E-state index contributed by atoms with van der Waals surface area (Å²) in [5.41, 5.74) is 0.365. The van der Waals surface area contributed by atoms with E-state index in [0.29, 0.717) is 5.56 Å². The highest BCUT2D eigenvalue weighted by Crippen LogP contribution is 2.01. The molecule has 0 saturated carbocycles. The molecule has 1 aromatic carbocycles. The topological polar surface area (TPSA) is 43.4 Å². The molecule has 0 aliphatic rings. The maximum absolute atomic E-state index is 11.1. The van der Waals surface area contributed by atoms with Crippen LogP contribution in [0.1, 0.15) is 16.8 Å². The highest BCUT2D eigenvalue weighted by atomic mass is 16.6. The van der Waals surface area contributed by atoms with Crippen LogP contribution >= 0.6 is 0 Å². The van der Waals surface area contributed by atoms with Crippen LogP contribution in [-0.2, 0) is 9.53 Å². The molecular formula is C10H9O3. The molecule has 0 spiro atoms. The fraction of sp³-hybridized carbons (Fsp3) is 0.100. The molecule has 1 aromatic rings. The number of carbonyl (C=O) groups is 2. The summed E-state index contributed by atoms with van der Waals surface area (Å²) in [5.74, 6) is -1.25. The van der Waals surface area contributed by atoms with Gasteiger partial charge in [-0.1, -0.05) is 18.2 Å². The Morgan fingerprint density at radius 2 is 1.85 bits per heavy atom. The van der Waals surface area contributed by atoms with Gasteiger partial charge < -0.3 is 4.74 Å². The second kappa shape index (κ2) is 4.40. The minimum atomic E-state index is -0.630. The van der Waals surface area contributed by atoms with Gasteiger partial charge in [-0.25, -0.2) is 4.79 Å². The minimum Gasteiger partial charge on any atom is -0.389 e. The van der Waals surface area contributed by atoms with E-state index in [1.54, 1.807) is 30.3 Å². The average Bonchev–Trinajstić information content (AvgIpc) is 2.19. The molecule has 0 unspecified atom stereocenters. The lowest BCUT2D eigenvalue weighted by Gasteiger charge is -1.99. The molecule has 13 heavy (non-hydrogen) atoms. The lowest BCUT2D eigenvalue weighted by atomic mass is 10.2. The van der Waals surface area contributed by atoms with Gasteiger partial charge in [-0.3, -0.25) is 4.79 Å². The van der Waals surface area contributed by atoms with Crippen LogP contribution in [0.3, 0.4) is 0 Å². The van der Waals surface area contributed by atoms with Crippen molar-refractivity contribution in [1.29, 1.82) is 0 Å². The summed E-state index contributed by atoms with van der Waals surface area (Å²) in [6.45, 7) is 3.31. The highest BCUT2D eigenvalue weighted by Gasteiger charge is 2.09. The SMILES string of the molecule is [CH2]CC(=O)OC(=O)c1ccccc1. The molecular weight excluding hydrogens is 168 g/mol. The van der Waals surface area contributed by atoms with E-state index in [0.717, 1.165) is 0 Å². The van der Waals surface area contributed by atoms with E-state index >= 15 is 0 Å². The van der Waals surface area contributed by atoms with Crippen molar-refractivity contribution in [2.75, 3.05) is 0 Å². The standard InChI is InChI=1S/C10H9O3/c1-2-9(11)13-10(12)8-6-4-3-5-7-8/h3-7H,1-2H2. The molecule has 0 aliphatic heterocycles. The Labute approximate surface area is 76.3 Å². The van der Waals surface area contributed by atoms with Gasteiger partial charge in [0.15, 0.2) is 0 Å². The van der Waals surface area contributed by atoms with Gasteiger partial charge in [-0.15, -0.1) is 0 Å². The van der Waals surface area contributed by atoms with Gasteiger partial charge in [0.2, 0.25) is 0 Å². The van der Waals surface area contributed by atoms with Crippen molar-refractivity contribution in [3.05, 3.63) is 42.8 Å². The van der Waals surface area contributed by atoms with Crippen LogP contribution in [0.5, 0.6) is 0 Å². The summed E-state index contributed by atoms with van der Waals surface area (Å²) in [6.07, 6.45) is -0.0431. The molecule has 1 radical (unpaired) electrons. The molecule has 0 heterocycles. The van der Waals surface area contributed by atoms with E-state index < -0.39 is 11.9 Å². The van der Waals surface area contributed by atoms with Crippen LogP contribution in [0.25, 0.3) is 0 Å². The third-order valence-corrected chi connectivity index (χ3v) is 1.42. The summed E-state index contributed by atoms with van der Waals surface area (Å²) in [4.78, 5) is 21.8. The summed E-state index contributed by atoms with van der Waals surface area (Å²) in [6, 6.07) is 8.34. The number of carbonyl (C=O) groups excluding carboxylic acids is 2. The minimum absolute atomic E-state index is 0.0431. The number of rotatable bonds is 2. The van der Waals surface area contributed by atoms with E-state index in [1.807, 2.05) is 0 Å². The predicted molar refractivity (Wildman–Crippen MR) is 46.8 cm³/mol. The average molecular weight is 177 g/mol. The van der Waals surface area contributed by atoms with Crippen molar-refractivity contribution in [3.8, 4) is 0 Å². The molecule has 3 nitrogen and oxygen atoms in total. The van der Waals surface area contributed by atoms with Gasteiger partial charge in [0, 0.05) is 6.42 Å². The van der Waals surface area contributed by atoms with Crippen molar-refractivity contribution < 1.29 is 14.3 Å². The van der Waals surface area contributed by atoms with E-state index in [2.05, 4.69) is 11.7 Å². The Kier molecular flexibility index (Phi) is 3.20. The zero-order valence-corrected chi connectivity index (χ0v) is 7.03. The summed E-state index contributed by atoms with van der Waals surface area (Å²) in [5, 5.41) is 0. The van der Waals surface area contributed by atoms with Gasteiger partial charge in [0.05, 0.1) is 5.56 Å². The molecule has 0 bridgehead atoms. The fourth-order valence-electron chi connectivity index (χ4n) is 0.788. The van der Waals surface area contributed by atoms with E-state index in [-0.39, 0.29) is 6.42 Å². The van der Waals surface area contributed by atoms with Crippen LogP contribution in [0.2, 0.25) is 0 Å². The molecule has 3 heteroatoms. The quantitative estimate of drug-likeness (QED) is 0.509. The normalized spacial score (nSPS) is 9.31. The lowest BCUT2D eigenvalue weighted by Crippen LogP contribution is -2.11. The van der Waals surface area contributed by atoms with Gasteiger partial charge >= 0.3 is 11.9 Å². The number of hydrogen-bond donors (Lipinski definition) is 0. The molecule has 1 rings (SSSR count). The smallest absolute Gasteiger partial charge is 0.345 e. The van der Waals surface area contributed by atoms with Crippen LogP contribution < -0.4 is 0 Å². The summed E-state index contributed by atoms with van der Waals surface area (Å²) >= 11 is 0. The molecule has 0 N–H and O–H groups in total. The first-order valence-corrected chi connectivity index (χ1v) is 3.83. The third-order valence-electron chi connectivity index (χ3n) is 1.42. The molecule has 0 fully saturated rings.